The standard InChI is InChI=1S/C9H15N3S/c1-7(8-4-2-3-5-8)11-9-6-10-12-13-9/h6-8,11H,2-5H2,1H3. The number of aromatic nitrogens is 2. The number of rotatable bonds is 3. The molecule has 0 bridgehead atoms. The monoisotopic (exact) mass is 197 g/mol. The maximum atomic E-state index is 3.83. The first-order valence-electron chi connectivity index (χ1n) is 4.90. The molecule has 1 N–H and O–H groups in total. The van der Waals surface area contributed by atoms with Gasteiger partial charge in [-0.2, -0.15) is 0 Å². The van der Waals surface area contributed by atoms with Crippen molar-refractivity contribution in [2.45, 2.75) is 38.6 Å². The highest BCUT2D eigenvalue weighted by molar-refractivity contribution is 7.09. The molecule has 3 nitrogen and oxygen atoms in total. The van der Waals surface area contributed by atoms with Crippen molar-refractivity contribution in [2.75, 3.05) is 5.32 Å². The molecule has 1 saturated carbocycles. The predicted octanol–water partition coefficient (Wildman–Crippen LogP) is 2.53. The molecular formula is C9H15N3S. The summed E-state index contributed by atoms with van der Waals surface area (Å²) in [5.41, 5.74) is 0. The summed E-state index contributed by atoms with van der Waals surface area (Å²) >= 11 is 1.44. The normalized spacial score (nSPS) is 20.4. The Kier molecular flexibility index (Phi) is 2.78. The SMILES string of the molecule is CC(Nc1cnns1)C1CCCC1. The lowest BCUT2D eigenvalue weighted by Crippen LogP contribution is -2.23. The van der Waals surface area contributed by atoms with E-state index in [4.69, 9.17) is 0 Å². The lowest BCUT2D eigenvalue weighted by Gasteiger charge is -2.19. The van der Waals surface area contributed by atoms with Crippen molar-refractivity contribution in [3.05, 3.63) is 6.20 Å². The van der Waals surface area contributed by atoms with Crippen molar-refractivity contribution in [3.8, 4) is 0 Å². The Balaban J connectivity index is 1.87. The summed E-state index contributed by atoms with van der Waals surface area (Å²) in [7, 11) is 0. The molecule has 1 fully saturated rings. The lowest BCUT2D eigenvalue weighted by molar-refractivity contribution is 0.483. The van der Waals surface area contributed by atoms with Gasteiger partial charge in [-0.1, -0.05) is 17.3 Å². The summed E-state index contributed by atoms with van der Waals surface area (Å²) in [6.45, 7) is 2.26. The van der Waals surface area contributed by atoms with E-state index in [2.05, 4.69) is 21.8 Å². The van der Waals surface area contributed by atoms with Gasteiger partial charge in [0, 0.05) is 17.6 Å². The lowest BCUT2D eigenvalue weighted by atomic mass is 10.0. The van der Waals surface area contributed by atoms with Crippen LogP contribution in [0.2, 0.25) is 0 Å². The van der Waals surface area contributed by atoms with E-state index in [-0.39, 0.29) is 0 Å². The Bertz CT molecular complexity index is 241. The minimum atomic E-state index is 0.574. The molecule has 72 valence electrons. The van der Waals surface area contributed by atoms with Gasteiger partial charge in [0.2, 0.25) is 0 Å². The molecule has 0 amide bonds. The van der Waals surface area contributed by atoms with Crippen LogP contribution in [0.15, 0.2) is 6.20 Å². The van der Waals surface area contributed by atoms with Crippen LogP contribution in [0.5, 0.6) is 0 Å². The molecule has 4 heteroatoms. The first kappa shape index (κ1) is 8.94. The molecule has 1 aliphatic carbocycles. The van der Waals surface area contributed by atoms with Gasteiger partial charge < -0.3 is 5.32 Å². The average Bonchev–Trinajstić information content (AvgIpc) is 2.74. The second-order valence-electron chi connectivity index (χ2n) is 3.76. The van der Waals surface area contributed by atoms with Gasteiger partial charge >= 0.3 is 0 Å². The van der Waals surface area contributed by atoms with Crippen molar-refractivity contribution in [3.63, 3.8) is 0 Å². The van der Waals surface area contributed by atoms with E-state index in [1.54, 1.807) is 6.20 Å². The van der Waals surface area contributed by atoms with Gasteiger partial charge in [-0.15, -0.1) is 5.10 Å². The molecule has 1 aromatic heterocycles. The zero-order chi connectivity index (χ0) is 9.10. The molecule has 0 saturated heterocycles. The number of hydrogen-bond acceptors (Lipinski definition) is 4. The molecule has 0 aromatic carbocycles. The van der Waals surface area contributed by atoms with Gasteiger partial charge in [-0.3, -0.25) is 0 Å². The smallest absolute Gasteiger partial charge is 0.130 e. The minimum absolute atomic E-state index is 0.574. The maximum Gasteiger partial charge on any atom is 0.130 e. The van der Waals surface area contributed by atoms with Gasteiger partial charge in [0.1, 0.15) is 5.00 Å². The van der Waals surface area contributed by atoms with E-state index in [0.717, 1.165) is 10.9 Å². The highest BCUT2D eigenvalue weighted by atomic mass is 32.1. The third-order valence-electron chi connectivity index (χ3n) is 2.84. The number of anilines is 1. The van der Waals surface area contributed by atoms with E-state index >= 15 is 0 Å². The topological polar surface area (TPSA) is 37.8 Å². The average molecular weight is 197 g/mol. The van der Waals surface area contributed by atoms with Crippen LogP contribution < -0.4 is 5.32 Å². The summed E-state index contributed by atoms with van der Waals surface area (Å²) in [5, 5.41) is 8.36. The molecule has 1 unspecified atom stereocenters. The maximum absolute atomic E-state index is 3.83. The number of nitrogens with one attached hydrogen (secondary N) is 1. The van der Waals surface area contributed by atoms with E-state index in [1.165, 1.54) is 37.2 Å². The fourth-order valence-corrected chi connectivity index (χ4v) is 2.55. The van der Waals surface area contributed by atoms with Crippen molar-refractivity contribution >= 4 is 16.5 Å². The number of nitrogens with zero attached hydrogens (tertiary/aromatic N) is 2. The van der Waals surface area contributed by atoms with Crippen LogP contribution in [0.4, 0.5) is 5.00 Å². The van der Waals surface area contributed by atoms with Crippen LogP contribution in [0, 0.1) is 5.92 Å². The highest BCUT2D eigenvalue weighted by Crippen LogP contribution is 2.29. The molecular weight excluding hydrogens is 182 g/mol. The molecule has 13 heavy (non-hydrogen) atoms. The predicted molar refractivity (Wildman–Crippen MR) is 55.0 cm³/mol. The van der Waals surface area contributed by atoms with E-state index < -0.39 is 0 Å². The van der Waals surface area contributed by atoms with Crippen LogP contribution in [0.1, 0.15) is 32.6 Å². The Hall–Kier alpha value is -0.640. The fourth-order valence-electron chi connectivity index (χ4n) is 2.03. The molecule has 1 atom stereocenters. The first-order chi connectivity index (χ1) is 6.36. The van der Waals surface area contributed by atoms with E-state index in [1.807, 2.05) is 0 Å². The zero-order valence-electron chi connectivity index (χ0n) is 7.86. The summed E-state index contributed by atoms with van der Waals surface area (Å²) in [4.78, 5) is 0. The fraction of sp³-hybridized carbons (Fsp3) is 0.778. The van der Waals surface area contributed by atoms with Gasteiger partial charge in [-0.25, -0.2) is 0 Å². The molecule has 2 rings (SSSR count). The summed E-state index contributed by atoms with van der Waals surface area (Å²) < 4.78 is 3.83. The zero-order valence-corrected chi connectivity index (χ0v) is 8.68. The van der Waals surface area contributed by atoms with E-state index in [9.17, 15) is 0 Å². The third-order valence-corrected chi connectivity index (χ3v) is 3.43. The Morgan fingerprint density at radius 1 is 1.54 bits per heavy atom. The molecule has 1 heterocycles. The van der Waals surface area contributed by atoms with Gasteiger partial charge in [-0.05, 0) is 25.7 Å². The van der Waals surface area contributed by atoms with Crippen LogP contribution in [0.3, 0.4) is 0 Å². The third kappa shape index (κ3) is 2.18. The van der Waals surface area contributed by atoms with Gasteiger partial charge in [0.05, 0.1) is 6.20 Å². The van der Waals surface area contributed by atoms with Crippen LogP contribution in [0.25, 0.3) is 0 Å². The summed E-state index contributed by atoms with van der Waals surface area (Å²) in [6.07, 6.45) is 7.35. The Morgan fingerprint density at radius 3 is 2.92 bits per heavy atom. The molecule has 1 aliphatic rings. The Morgan fingerprint density at radius 2 is 2.31 bits per heavy atom. The highest BCUT2D eigenvalue weighted by Gasteiger charge is 2.21. The largest absolute Gasteiger partial charge is 0.372 e. The Labute approximate surface area is 82.7 Å². The first-order valence-corrected chi connectivity index (χ1v) is 5.67. The van der Waals surface area contributed by atoms with Crippen LogP contribution in [-0.4, -0.2) is 15.6 Å². The van der Waals surface area contributed by atoms with Crippen LogP contribution in [-0.2, 0) is 0 Å². The van der Waals surface area contributed by atoms with Crippen molar-refractivity contribution < 1.29 is 0 Å². The second kappa shape index (κ2) is 4.05. The van der Waals surface area contributed by atoms with Gasteiger partial charge in [0.25, 0.3) is 0 Å². The summed E-state index contributed by atoms with van der Waals surface area (Å²) in [5.74, 6) is 0.849. The molecule has 0 radical (unpaired) electrons. The molecule has 1 aromatic rings. The van der Waals surface area contributed by atoms with Gasteiger partial charge in [0.15, 0.2) is 0 Å². The number of hydrogen-bond donors (Lipinski definition) is 1. The second-order valence-corrected chi connectivity index (χ2v) is 4.55. The van der Waals surface area contributed by atoms with Crippen LogP contribution >= 0.6 is 11.5 Å². The van der Waals surface area contributed by atoms with Crippen molar-refractivity contribution in [2.24, 2.45) is 5.92 Å². The van der Waals surface area contributed by atoms with E-state index in [0.29, 0.717) is 6.04 Å². The minimum Gasteiger partial charge on any atom is -0.372 e. The van der Waals surface area contributed by atoms with Crippen molar-refractivity contribution in [1.29, 1.82) is 0 Å². The summed E-state index contributed by atoms with van der Waals surface area (Å²) in [6, 6.07) is 0.574. The quantitative estimate of drug-likeness (QED) is 0.809. The molecule has 0 spiro atoms. The molecule has 0 aliphatic heterocycles. The van der Waals surface area contributed by atoms with Crippen molar-refractivity contribution in [1.82, 2.24) is 9.59 Å².